The summed E-state index contributed by atoms with van der Waals surface area (Å²) in [6, 6.07) is -0.854. The Morgan fingerprint density at radius 3 is 2.62 bits per heavy atom. The Morgan fingerprint density at radius 2 is 2.23 bits per heavy atom. The predicted molar refractivity (Wildman–Crippen MR) is 44.9 cm³/mol. The van der Waals surface area contributed by atoms with Gasteiger partial charge in [-0.15, -0.1) is 0 Å². The number of nitrogens with one attached hydrogen (secondary N) is 2. The standard InChI is InChI=1S/C7H13N3O3/c1-4(6(11)10-7(8)12)13-5-2-9-3-5/h4-5,9H,2-3H2,1H3,(H3,8,10,11,12). The Bertz CT molecular complexity index is 215. The molecule has 0 radical (unpaired) electrons. The molecule has 0 aromatic rings. The molecule has 6 heteroatoms. The van der Waals surface area contributed by atoms with Crippen LogP contribution in [0.4, 0.5) is 4.79 Å². The number of carbonyl (C=O) groups is 2. The molecule has 3 amide bonds. The maximum absolute atomic E-state index is 11.1. The van der Waals surface area contributed by atoms with E-state index in [9.17, 15) is 9.59 Å². The van der Waals surface area contributed by atoms with E-state index in [1.807, 2.05) is 5.32 Å². The molecule has 4 N–H and O–H groups in total. The zero-order valence-corrected chi connectivity index (χ0v) is 7.37. The second-order valence-corrected chi connectivity index (χ2v) is 2.91. The Hall–Kier alpha value is -1.14. The average molecular weight is 187 g/mol. The van der Waals surface area contributed by atoms with E-state index in [1.54, 1.807) is 6.92 Å². The van der Waals surface area contributed by atoms with Crippen molar-refractivity contribution in [3.05, 3.63) is 0 Å². The van der Waals surface area contributed by atoms with Gasteiger partial charge in [0.1, 0.15) is 6.10 Å². The molecule has 1 saturated heterocycles. The van der Waals surface area contributed by atoms with E-state index in [0.29, 0.717) is 0 Å². The van der Waals surface area contributed by atoms with Crippen LogP contribution in [0.1, 0.15) is 6.92 Å². The zero-order valence-electron chi connectivity index (χ0n) is 7.37. The number of amides is 3. The fraction of sp³-hybridized carbons (Fsp3) is 0.714. The van der Waals surface area contributed by atoms with Crippen LogP contribution in [-0.4, -0.2) is 37.2 Å². The van der Waals surface area contributed by atoms with Gasteiger partial charge in [-0.3, -0.25) is 10.1 Å². The Morgan fingerprint density at radius 1 is 1.62 bits per heavy atom. The maximum Gasteiger partial charge on any atom is 0.318 e. The molecule has 0 aliphatic carbocycles. The minimum atomic E-state index is -0.854. The molecule has 0 bridgehead atoms. The zero-order chi connectivity index (χ0) is 9.84. The first-order valence-electron chi connectivity index (χ1n) is 4.06. The van der Waals surface area contributed by atoms with Crippen LogP contribution in [0.25, 0.3) is 0 Å². The van der Waals surface area contributed by atoms with Crippen LogP contribution in [0.2, 0.25) is 0 Å². The third-order valence-electron chi connectivity index (χ3n) is 1.76. The number of hydrogen-bond donors (Lipinski definition) is 3. The third kappa shape index (κ3) is 3.00. The summed E-state index contributed by atoms with van der Waals surface area (Å²) in [5.41, 5.74) is 4.77. The average Bonchev–Trinajstić information content (AvgIpc) is 1.94. The van der Waals surface area contributed by atoms with Crippen molar-refractivity contribution in [2.45, 2.75) is 19.1 Å². The maximum atomic E-state index is 11.1. The smallest absolute Gasteiger partial charge is 0.318 e. The molecular formula is C7H13N3O3. The SMILES string of the molecule is CC(OC1CNC1)C(=O)NC(N)=O. The topological polar surface area (TPSA) is 93.4 Å². The monoisotopic (exact) mass is 187 g/mol. The first-order chi connectivity index (χ1) is 6.09. The normalized spacial score (nSPS) is 18.8. The van der Waals surface area contributed by atoms with Gasteiger partial charge < -0.3 is 15.8 Å². The van der Waals surface area contributed by atoms with Crippen molar-refractivity contribution in [1.29, 1.82) is 0 Å². The molecular weight excluding hydrogens is 174 g/mol. The van der Waals surface area contributed by atoms with Crippen molar-refractivity contribution in [1.82, 2.24) is 10.6 Å². The van der Waals surface area contributed by atoms with Gasteiger partial charge in [0.05, 0.1) is 6.10 Å². The number of nitrogens with two attached hydrogens (primary N) is 1. The van der Waals surface area contributed by atoms with Crippen LogP contribution in [-0.2, 0) is 9.53 Å². The summed E-state index contributed by atoms with van der Waals surface area (Å²) in [7, 11) is 0. The van der Waals surface area contributed by atoms with Gasteiger partial charge in [-0.1, -0.05) is 0 Å². The van der Waals surface area contributed by atoms with E-state index >= 15 is 0 Å². The minimum absolute atomic E-state index is 0.0635. The summed E-state index contributed by atoms with van der Waals surface area (Å²) in [6.07, 6.45) is -0.576. The number of ether oxygens (including phenoxy) is 1. The second-order valence-electron chi connectivity index (χ2n) is 2.91. The predicted octanol–water partition coefficient (Wildman–Crippen LogP) is -1.44. The van der Waals surface area contributed by atoms with Gasteiger partial charge in [-0.2, -0.15) is 0 Å². The summed E-state index contributed by atoms with van der Waals surface area (Å²) in [4.78, 5) is 21.4. The van der Waals surface area contributed by atoms with Gasteiger partial charge in [0, 0.05) is 13.1 Å². The molecule has 74 valence electrons. The summed E-state index contributed by atoms with van der Waals surface area (Å²) < 4.78 is 5.27. The number of rotatable bonds is 3. The fourth-order valence-electron chi connectivity index (χ4n) is 0.932. The number of urea groups is 1. The number of hydrogen-bond acceptors (Lipinski definition) is 4. The van der Waals surface area contributed by atoms with Crippen LogP contribution < -0.4 is 16.4 Å². The number of primary amides is 1. The first-order valence-corrected chi connectivity index (χ1v) is 4.06. The van der Waals surface area contributed by atoms with Gasteiger partial charge in [0.2, 0.25) is 0 Å². The lowest BCUT2D eigenvalue weighted by atomic mass is 10.2. The van der Waals surface area contributed by atoms with Crippen LogP contribution in [0.15, 0.2) is 0 Å². The van der Waals surface area contributed by atoms with Crippen molar-refractivity contribution in [2.24, 2.45) is 5.73 Å². The molecule has 0 aromatic carbocycles. The van der Waals surface area contributed by atoms with E-state index in [2.05, 4.69) is 5.32 Å². The molecule has 1 rings (SSSR count). The van der Waals surface area contributed by atoms with Gasteiger partial charge in [-0.05, 0) is 6.92 Å². The highest BCUT2D eigenvalue weighted by Gasteiger charge is 2.23. The molecule has 6 nitrogen and oxygen atoms in total. The van der Waals surface area contributed by atoms with Gasteiger partial charge in [0.15, 0.2) is 0 Å². The van der Waals surface area contributed by atoms with Crippen LogP contribution in [0.5, 0.6) is 0 Å². The lowest BCUT2D eigenvalue weighted by Crippen LogP contribution is -2.52. The summed E-state index contributed by atoms with van der Waals surface area (Å²) >= 11 is 0. The van der Waals surface area contributed by atoms with Crippen LogP contribution in [0.3, 0.4) is 0 Å². The largest absolute Gasteiger partial charge is 0.363 e. The summed E-state index contributed by atoms with van der Waals surface area (Å²) in [6.45, 7) is 3.07. The molecule has 1 aliphatic rings. The first kappa shape index (κ1) is 9.94. The van der Waals surface area contributed by atoms with E-state index in [4.69, 9.17) is 10.5 Å². The third-order valence-corrected chi connectivity index (χ3v) is 1.76. The molecule has 1 heterocycles. The highest BCUT2D eigenvalue weighted by Crippen LogP contribution is 2.02. The molecule has 1 aliphatic heterocycles. The van der Waals surface area contributed by atoms with E-state index < -0.39 is 18.0 Å². The molecule has 1 atom stereocenters. The Labute approximate surface area is 75.8 Å². The Kier molecular flexibility index (Phi) is 3.21. The van der Waals surface area contributed by atoms with Crippen molar-refractivity contribution >= 4 is 11.9 Å². The van der Waals surface area contributed by atoms with Gasteiger partial charge in [0.25, 0.3) is 5.91 Å². The van der Waals surface area contributed by atoms with Crippen LogP contribution >= 0.6 is 0 Å². The quantitative estimate of drug-likeness (QED) is 0.504. The molecule has 0 spiro atoms. The molecule has 0 saturated carbocycles. The van der Waals surface area contributed by atoms with Gasteiger partial charge in [-0.25, -0.2) is 4.79 Å². The highest BCUT2D eigenvalue weighted by molar-refractivity contribution is 5.95. The van der Waals surface area contributed by atoms with E-state index in [0.717, 1.165) is 13.1 Å². The van der Waals surface area contributed by atoms with Crippen LogP contribution in [0, 0.1) is 0 Å². The van der Waals surface area contributed by atoms with E-state index in [-0.39, 0.29) is 6.10 Å². The number of carbonyl (C=O) groups excluding carboxylic acids is 2. The van der Waals surface area contributed by atoms with Crippen molar-refractivity contribution in [3.8, 4) is 0 Å². The second kappa shape index (κ2) is 4.20. The summed E-state index contributed by atoms with van der Waals surface area (Å²) in [5, 5.41) is 4.95. The lowest BCUT2D eigenvalue weighted by molar-refractivity contribution is -0.135. The van der Waals surface area contributed by atoms with Gasteiger partial charge >= 0.3 is 6.03 Å². The highest BCUT2D eigenvalue weighted by atomic mass is 16.5. The van der Waals surface area contributed by atoms with Crippen molar-refractivity contribution < 1.29 is 14.3 Å². The molecule has 1 unspecified atom stereocenters. The van der Waals surface area contributed by atoms with Crippen molar-refractivity contribution in [3.63, 3.8) is 0 Å². The van der Waals surface area contributed by atoms with E-state index in [1.165, 1.54) is 0 Å². The molecule has 0 aromatic heterocycles. The Balaban J connectivity index is 2.24. The fourth-order valence-corrected chi connectivity index (χ4v) is 0.932. The number of imide groups is 1. The van der Waals surface area contributed by atoms with Crippen molar-refractivity contribution in [2.75, 3.05) is 13.1 Å². The summed E-state index contributed by atoms with van der Waals surface area (Å²) in [5.74, 6) is -0.501. The lowest BCUT2D eigenvalue weighted by Gasteiger charge is -2.29. The molecule has 13 heavy (non-hydrogen) atoms. The molecule has 1 fully saturated rings. The minimum Gasteiger partial charge on any atom is -0.363 e.